The number of aryl methyl sites for hydroxylation is 1. The summed E-state index contributed by atoms with van der Waals surface area (Å²) in [7, 11) is 0. The van der Waals surface area contributed by atoms with Crippen molar-refractivity contribution < 1.29 is 13.5 Å². The molecule has 7 heteroatoms. The number of hydrogen-bond acceptors (Lipinski definition) is 5. The van der Waals surface area contributed by atoms with E-state index in [-0.39, 0.29) is 12.5 Å². The number of aromatic nitrogens is 3. The highest BCUT2D eigenvalue weighted by atomic mass is 19.3. The first kappa shape index (κ1) is 18.2. The molecule has 1 aliphatic carbocycles. The molecular weight excluding hydrogens is 326 g/mol. The molecule has 1 fully saturated rings. The van der Waals surface area contributed by atoms with Crippen molar-refractivity contribution in [2.75, 3.05) is 18.5 Å². The molecule has 0 radical (unpaired) electrons. The lowest BCUT2D eigenvalue weighted by Crippen LogP contribution is -2.22. The number of nitrogens with one attached hydrogen (secondary N) is 1. The van der Waals surface area contributed by atoms with Gasteiger partial charge in [0.1, 0.15) is 5.82 Å². The predicted octanol–water partition coefficient (Wildman–Crippen LogP) is 3.86. The number of halogens is 2. The summed E-state index contributed by atoms with van der Waals surface area (Å²) < 4.78 is 32.9. The molecule has 1 aromatic heterocycles. The molecule has 0 saturated carbocycles. The van der Waals surface area contributed by atoms with Gasteiger partial charge in [0, 0.05) is 19.4 Å². The van der Waals surface area contributed by atoms with Gasteiger partial charge in [-0.25, -0.2) is 13.8 Å². The highest BCUT2D eigenvalue weighted by Gasteiger charge is 2.31. The van der Waals surface area contributed by atoms with Crippen molar-refractivity contribution >= 4 is 11.5 Å². The lowest BCUT2D eigenvalue weighted by atomic mass is 9.96. The van der Waals surface area contributed by atoms with Crippen LogP contribution in [0.1, 0.15) is 57.6 Å². The second-order valence-electron chi connectivity index (χ2n) is 7.32. The van der Waals surface area contributed by atoms with Crippen molar-refractivity contribution in [1.82, 2.24) is 15.0 Å². The molecular formula is C18H26F2N4O. The van der Waals surface area contributed by atoms with Crippen molar-refractivity contribution in [3.8, 4) is 0 Å². The first-order chi connectivity index (χ1) is 11.9. The van der Waals surface area contributed by atoms with Gasteiger partial charge in [-0.05, 0) is 43.3 Å². The molecule has 0 spiro atoms. The lowest BCUT2D eigenvalue weighted by Gasteiger charge is -2.20. The smallest absolute Gasteiger partial charge is 0.267 e. The van der Waals surface area contributed by atoms with Crippen LogP contribution in [0.2, 0.25) is 0 Å². The molecule has 3 rings (SSSR count). The van der Waals surface area contributed by atoms with E-state index in [0.29, 0.717) is 61.6 Å². The normalized spacial score (nSPS) is 22.9. The van der Waals surface area contributed by atoms with E-state index < -0.39 is 5.92 Å². The van der Waals surface area contributed by atoms with E-state index in [2.05, 4.69) is 34.1 Å². The summed E-state index contributed by atoms with van der Waals surface area (Å²) >= 11 is 0. The van der Waals surface area contributed by atoms with Gasteiger partial charge in [-0.3, -0.25) is 0 Å². The molecule has 2 aliphatic rings. The van der Waals surface area contributed by atoms with Gasteiger partial charge >= 0.3 is 0 Å². The van der Waals surface area contributed by atoms with Gasteiger partial charge < -0.3 is 10.1 Å². The standard InChI is InChI=1S/C18H26F2N4O/c1-12(2)5-6-15-22-16(13-4-3-8-18(19,20)10-13)24-17(23-15)21-14-7-9-25-11-14/h10,12,14H,3-9,11H2,1-2H3,(H,21,22,23,24)/t14-/m0/s1. The van der Waals surface area contributed by atoms with Crippen LogP contribution in [0.25, 0.3) is 5.57 Å². The Labute approximate surface area is 147 Å². The van der Waals surface area contributed by atoms with E-state index in [1.807, 2.05) is 0 Å². The van der Waals surface area contributed by atoms with Crippen molar-refractivity contribution in [3.05, 3.63) is 17.7 Å². The van der Waals surface area contributed by atoms with Gasteiger partial charge in [-0.15, -0.1) is 0 Å². The zero-order chi connectivity index (χ0) is 17.9. The fourth-order valence-corrected chi connectivity index (χ4v) is 3.08. The number of allylic oxidation sites excluding steroid dienone is 2. The third-order valence-corrected chi connectivity index (χ3v) is 4.52. The molecule has 0 bridgehead atoms. The van der Waals surface area contributed by atoms with Crippen LogP contribution in [0.5, 0.6) is 0 Å². The molecule has 5 nitrogen and oxygen atoms in total. The van der Waals surface area contributed by atoms with Crippen molar-refractivity contribution in [3.63, 3.8) is 0 Å². The fourth-order valence-electron chi connectivity index (χ4n) is 3.08. The molecule has 0 unspecified atom stereocenters. The minimum atomic E-state index is -2.77. The number of ether oxygens (including phenoxy) is 1. The Morgan fingerprint density at radius 2 is 2.16 bits per heavy atom. The van der Waals surface area contributed by atoms with Crippen LogP contribution in [0.15, 0.2) is 6.08 Å². The summed E-state index contributed by atoms with van der Waals surface area (Å²) in [6.07, 6.45) is 4.51. The maximum atomic E-state index is 13.7. The number of hydrogen-bond donors (Lipinski definition) is 1. The van der Waals surface area contributed by atoms with Crippen molar-refractivity contribution in [2.24, 2.45) is 5.92 Å². The van der Waals surface area contributed by atoms with Gasteiger partial charge in [0.2, 0.25) is 5.95 Å². The summed E-state index contributed by atoms with van der Waals surface area (Å²) in [6, 6.07) is 0.162. The highest BCUT2D eigenvalue weighted by Crippen LogP contribution is 2.35. The first-order valence-electron chi connectivity index (χ1n) is 9.10. The third-order valence-electron chi connectivity index (χ3n) is 4.52. The molecule has 1 N–H and O–H groups in total. The SMILES string of the molecule is CC(C)CCc1nc(N[C@H]2CCOC2)nc(C2=CC(F)(F)CCC2)n1. The molecule has 1 saturated heterocycles. The molecule has 2 heterocycles. The highest BCUT2D eigenvalue weighted by molar-refractivity contribution is 5.62. The van der Waals surface area contributed by atoms with Crippen LogP contribution < -0.4 is 5.32 Å². The Bertz CT molecular complexity index is 628. The van der Waals surface area contributed by atoms with E-state index in [1.54, 1.807) is 0 Å². The zero-order valence-corrected chi connectivity index (χ0v) is 14.9. The van der Waals surface area contributed by atoms with Gasteiger partial charge in [-0.1, -0.05) is 13.8 Å². The van der Waals surface area contributed by atoms with Crippen molar-refractivity contribution in [1.29, 1.82) is 0 Å². The second kappa shape index (κ2) is 7.72. The Kier molecular flexibility index (Phi) is 5.61. The van der Waals surface area contributed by atoms with E-state index in [9.17, 15) is 8.78 Å². The van der Waals surface area contributed by atoms with Crippen LogP contribution in [-0.4, -0.2) is 40.1 Å². The largest absolute Gasteiger partial charge is 0.379 e. The lowest BCUT2D eigenvalue weighted by molar-refractivity contribution is 0.0403. The molecule has 0 aromatic carbocycles. The number of anilines is 1. The summed E-state index contributed by atoms with van der Waals surface area (Å²) in [5.74, 6) is -0.734. The topological polar surface area (TPSA) is 59.9 Å². The quantitative estimate of drug-likeness (QED) is 0.842. The molecule has 1 atom stereocenters. The number of nitrogens with zero attached hydrogens (tertiary/aromatic N) is 3. The predicted molar refractivity (Wildman–Crippen MR) is 92.6 cm³/mol. The average molecular weight is 352 g/mol. The summed E-state index contributed by atoms with van der Waals surface area (Å²) in [5.41, 5.74) is 0.523. The minimum absolute atomic E-state index is 0.105. The van der Waals surface area contributed by atoms with Crippen LogP contribution in [0.4, 0.5) is 14.7 Å². The second-order valence-corrected chi connectivity index (χ2v) is 7.32. The molecule has 1 aromatic rings. The van der Waals surface area contributed by atoms with Crippen LogP contribution in [-0.2, 0) is 11.2 Å². The Morgan fingerprint density at radius 1 is 1.32 bits per heavy atom. The van der Waals surface area contributed by atoms with E-state index in [0.717, 1.165) is 18.9 Å². The average Bonchev–Trinajstić information content (AvgIpc) is 3.05. The molecule has 1 aliphatic heterocycles. The minimum Gasteiger partial charge on any atom is -0.379 e. The van der Waals surface area contributed by atoms with E-state index in [1.165, 1.54) is 0 Å². The summed E-state index contributed by atoms with van der Waals surface area (Å²) in [6.45, 7) is 5.61. The fraction of sp³-hybridized carbons (Fsp3) is 0.722. The third kappa shape index (κ3) is 5.17. The van der Waals surface area contributed by atoms with E-state index >= 15 is 0 Å². The molecule has 138 valence electrons. The monoisotopic (exact) mass is 352 g/mol. The number of alkyl halides is 2. The molecule has 25 heavy (non-hydrogen) atoms. The zero-order valence-electron chi connectivity index (χ0n) is 14.9. The van der Waals surface area contributed by atoms with Gasteiger partial charge in [0.15, 0.2) is 5.82 Å². The summed E-state index contributed by atoms with van der Waals surface area (Å²) in [5, 5.41) is 3.27. The number of rotatable bonds is 6. The maximum absolute atomic E-state index is 13.7. The van der Waals surface area contributed by atoms with Gasteiger partial charge in [0.25, 0.3) is 5.92 Å². The Morgan fingerprint density at radius 3 is 2.84 bits per heavy atom. The maximum Gasteiger partial charge on any atom is 0.267 e. The Balaban J connectivity index is 1.87. The molecule has 0 amide bonds. The van der Waals surface area contributed by atoms with Crippen LogP contribution in [0.3, 0.4) is 0 Å². The van der Waals surface area contributed by atoms with Crippen LogP contribution >= 0.6 is 0 Å². The first-order valence-corrected chi connectivity index (χ1v) is 9.10. The van der Waals surface area contributed by atoms with Gasteiger partial charge in [-0.2, -0.15) is 9.97 Å². The van der Waals surface area contributed by atoms with E-state index in [4.69, 9.17) is 4.74 Å². The van der Waals surface area contributed by atoms with Crippen molar-refractivity contribution in [2.45, 2.75) is 64.3 Å². The van der Waals surface area contributed by atoms with Crippen LogP contribution in [0, 0.1) is 5.92 Å². The van der Waals surface area contributed by atoms with Gasteiger partial charge in [0.05, 0.1) is 12.6 Å². The summed E-state index contributed by atoms with van der Waals surface area (Å²) in [4.78, 5) is 13.4. The Hall–Kier alpha value is -1.63.